The number of thiophene rings is 1. The van der Waals surface area contributed by atoms with Crippen LogP contribution in [0, 0.1) is 0 Å². The van der Waals surface area contributed by atoms with Gasteiger partial charge in [-0.05, 0) is 205 Å². The van der Waals surface area contributed by atoms with Gasteiger partial charge in [-0.1, -0.05) is 320 Å². The van der Waals surface area contributed by atoms with Crippen LogP contribution >= 0.6 is 11.3 Å². The van der Waals surface area contributed by atoms with Gasteiger partial charge in [0.25, 0.3) is 6.71 Å². The Morgan fingerprint density at radius 1 is 0.315 bits per heavy atom. The molecule has 0 amide bonds. The lowest BCUT2D eigenvalue weighted by atomic mass is 9.36. The number of fused-ring (bicyclic) bond motifs is 10. The van der Waals surface area contributed by atoms with E-state index in [1.807, 2.05) is 11.3 Å². The van der Waals surface area contributed by atoms with E-state index >= 15 is 0 Å². The number of hydrogen-bond acceptors (Lipinski definition) is 3. The molecule has 0 N–H and O–H groups in total. The molecule has 20 rings (SSSR count). The number of nitrogens with zero attached hydrogens (tertiary/aromatic N) is 3. The third kappa shape index (κ3) is 11.1. The van der Waals surface area contributed by atoms with Gasteiger partial charge < -0.3 is 14.4 Å². The minimum Gasteiger partial charge on any atom is -0.310 e. The van der Waals surface area contributed by atoms with E-state index in [9.17, 15) is 4.11 Å². The van der Waals surface area contributed by atoms with Crippen molar-refractivity contribution in [3.8, 4) is 72.4 Å². The summed E-state index contributed by atoms with van der Waals surface area (Å²) < 4.78 is 39.8. The monoisotopic (exact) mass is 1450 g/mol. The van der Waals surface area contributed by atoms with Crippen LogP contribution in [0.1, 0.15) is 109 Å². The molecule has 0 bridgehead atoms. The maximum Gasteiger partial charge on any atom is 0.264 e. The van der Waals surface area contributed by atoms with Gasteiger partial charge >= 0.3 is 0 Å². The number of benzene rings is 16. The molecule has 3 nitrogen and oxygen atoms in total. The third-order valence-corrected chi connectivity index (χ3v) is 25.0. The summed E-state index contributed by atoms with van der Waals surface area (Å²) in [5, 5.41) is 9.95. The Morgan fingerprint density at radius 3 is 1.32 bits per heavy atom. The molecule has 4 heterocycles. The van der Waals surface area contributed by atoms with Crippen molar-refractivity contribution in [3.05, 3.63) is 338 Å². The van der Waals surface area contributed by atoms with Crippen molar-refractivity contribution in [3.63, 3.8) is 0 Å². The molecule has 0 aliphatic carbocycles. The van der Waals surface area contributed by atoms with Crippen molar-refractivity contribution in [2.75, 3.05) is 9.80 Å². The number of para-hydroxylation sites is 1. The quantitative estimate of drug-likeness (QED) is 0.105. The highest BCUT2D eigenvalue weighted by molar-refractivity contribution is 7.33. The van der Waals surface area contributed by atoms with E-state index in [1.165, 1.54) is 16.5 Å². The molecular weight excluding hydrogens is 1360 g/mol. The summed E-state index contributed by atoms with van der Waals surface area (Å²) >= 11 is 1.81. The van der Waals surface area contributed by atoms with E-state index < -0.39 is 12.1 Å². The minimum absolute atomic E-state index is 0.00591. The molecular formula is C106H88BN3S. The van der Waals surface area contributed by atoms with E-state index in [1.54, 1.807) is 0 Å². The lowest BCUT2D eigenvalue weighted by Crippen LogP contribution is -2.60. The summed E-state index contributed by atoms with van der Waals surface area (Å²) in [7, 11) is 0. The molecule has 2 aliphatic heterocycles. The van der Waals surface area contributed by atoms with E-state index in [2.05, 4.69) is 395 Å². The van der Waals surface area contributed by atoms with Gasteiger partial charge in [0.05, 0.1) is 32.2 Å². The molecule has 536 valence electrons. The molecule has 111 heavy (non-hydrogen) atoms. The lowest BCUT2D eigenvalue weighted by Gasteiger charge is -2.46. The third-order valence-electron chi connectivity index (χ3n) is 23.8. The summed E-state index contributed by atoms with van der Waals surface area (Å²) in [6.07, 6.45) is 0. The molecule has 0 radical (unpaired) electrons. The van der Waals surface area contributed by atoms with Gasteiger partial charge in [0, 0.05) is 76.0 Å². The van der Waals surface area contributed by atoms with E-state index in [0.29, 0.717) is 16.8 Å². The van der Waals surface area contributed by atoms with E-state index in [0.717, 1.165) is 175 Å². The number of anilines is 6. The highest BCUT2D eigenvalue weighted by Gasteiger charge is 2.48. The van der Waals surface area contributed by atoms with Crippen LogP contribution in [0.15, 0.2) is 315 Å². The van der Waals surface area contributed by atoms with Gasteiger partial charge in [-0.2, -0.15) is 0 Å². The molecule has 0 saturated carbocycles. The van der Waals surface area contributed by atoms with Crippen molar-refractivity contribution >= 4 is 132 Å². The Bertz CT molecular complexity index is 6810. The van der Waals surface area contributed by atoms with Crippen molar-refractivity contribution in [2.24, 2.45) is 0 Å². The average molecular weight is 1450 g/mol. The van der Waals surface area contributed by atoms with Crippen LogP contribution in [-0.4, -0.2) is 11.3 Å². The lowest BCUT2D eigenvalue weighted by molar-refractivity contribution is 0.590. The maximum atomic E-state index is 12.2. The first-order valence-corrected chi connectivity index (χ1v) is 40.1. The Kier molecular flexibility index (Phi) is 14.8. The summed E-state index contributed by atoms with van der Waals surface area (Å²) in [5.41, 5.74) is 25.4. The second-order valence-electron chi connectivity index (χ2n) is 35.0. The molecule has 2 aromatic heterocycles. The zero-order valence-corrected chi connectivity index (χ0v) is 65.9. The summed E-state index contributed by atoms with van der Waals surface area (Å²) in [4.78, 5) is 5.13. The molecule has 18 aromatic rings. The van der Waals surface area contributed by atoms with Crippen LogP contribution < -0.4 is 25.5 Å². The largest absolute Gasteiger partial charge is 0.310 e. The predicted molar refractivity (Wildman–Crippen MR) is 481 cm³/mol. The number of rotatable bonds is 9. The molecule has 5 heteroatoms. The number of hydrogen-bond donors (Lipinski definition) is 0. The van der Waals surface area contributed by atoms with E-state index in [4.69, 9.17) is 0 Å². The first-order valence-electron chi connectivity index (χ1n) is 40.7. The van der Waals surface area contributed by atoms with Crippen molar-refractivity contribution < 1.29 is 4.11 Å². The zero-order valence-electron chi connectivity index (χ0n) is 68.1. The summed E-state index contributed by atoms with van der Waals surface area (Å²) in [6, 6.07) is 110. The predicted octanol–water partition coefficient (Wildman–Crippen LogP) is 28.2. The van der Waals surface area contributed by atoms with Gasteiger partial charge in [0.1, 0.15) is 0 Å². The minimum atomic E-state index is -0.666. The highest BCUT2D eigenvalue weighted by atomic mass is 32.1. The second-order valence-corrected chi connectivity index (χ2v) is 36.1. The molecule has 2 aliphatic rings. The first-order chi connectivity index (χ1) is 54.8. The molecule has 0 atom stereocenters. The highest BCUT2D eigenvalue weighted by Crippen LogP contribution is 2.58. The van der Waals surface area contributed by atoms with Crippen molar-refractivity contribution in [2.45, 2.75) is 105 Å². The fourth-order valence-corrected chi connectivity index (χ4v) is 19.3. The van der Waals surface area contributed by atoms with Gasteiger partial charge in [0.15, 0.2) is 0 Å². The fourth-order valence-electron chi connectivity index (χ4n) is 17.9. The van der Waals surface area contributed by atoms with Crippen LogP contribution in [-0.2, 0) is 21.7 Å². The fraction of sp³-hybridized carbons (Fsp3) is 0.151. The standard InChI is InChI=1S/C106H88BN3S/c1-103(2,3)76-49-52-82-94(63-76)111-102-101(82)110(100-84(67-34-21-15-22-35-67)57-77(104(4,5)6)58-85(100)68-36-23-16-24-37-68)93-62-79(106(10,11)12)61-92-97(93)107(102)89-53-50-80(108-90-45-26-25-44-81(90)88-56-75-47-46-69-38-27-39-70-48-51-83(98(88)108)96(75)95(69)70)64-91(89)109(92)99-86(73-42-28-40-71(54-73)65-30-17-13-18-31-65)59-78(105(7,8)9)60-87(99)74-43-29-41-72(55-74)66-32-19-14-20-33-66/h13-64H,1-12H3/i50D,53D,64D. The molecule has 0 unspecified atom stereocenters. The van der Waals surface area contributed by atoms with Gasteiger partial charge in [-0.3, -0.25) is 0 Å². The Hall–Kier alpha value is -12.0. The zero-order chi connectivity index (χ0) is 78.3. The van der Waals surface area contributed by atoms with Crippen LogP contribution in [0.25, 0.3) is 137 Å². The SMILES string of the molecule is [2H]c1c([2H])c(-n2c3ccccc3c3cc4ccc5cccc6ccc(c4c56)c32)c([2H])c2c1B1c3sc4cc(C(C)(C)C)ccc4c3N(c3c(-c4ccccc4)cc(C(C)(C)C)cc3-c3ccccc3)c3cc(C(C)(C)C)cc(c31)N2c1c(-c2cccc(-c3ccccc3)c2)cc(C(C)(C)C)cc1-c1cccc(-c2ccccc2)c1. The Morgan fingerprint density at radius 2 is 0.766 bits per heavy atom. The Balaban J connectivity index is 1.02. The molecule has 16 aromatic carbocycles. The van der Waals surface area contributed by atoms with E-state index in [-0.39, 0.29) is 34.4 Å². The van der Waals surface area contributed by atoms with Gasteiger partial charge in [-0.15, -0.1) is 11.3 Å². The summed E-state index contributed by atoms with van der Waals surface area (Å²) in [6.45, 7) is 27.2. The van der Waals surface area contributed by atoms with Gasteiger partial charge in [-0.25, -0.2) is 0 Å². The molecule has 0 saturated heterocycles. The first kappa shape index (κ1) is 64.9. The van der Waals surface area contributed by atoms with Crippen LogP contribution in [0.3, 0.4) is 0 Å². The van der Waals surface area contributed by atoms with Gasteiger partial charge in [0.2, 0.25) is 0 Å². The molecule has 0 spiro atoms. The maximum absolute atomic E-state index is 12.2. The second kappa shape index (κ2) is 25.3. The van der Waals surface area contributed by atoms with Crippen molar-refractivity contribution in [1.82, 2.24) is 4.57 Å². The summed E-state index contributed by atoms with van der Waals surface area (Å²) in [5.74, 6) is 0. The molecule has 0 fully saturated rings. The normalized spacial score (nSPS) is 13.5. The van der Waals surface area contributed by atoms with Crippen LogP contribution in [0.2, 0.25) is 0 Å². The van der Waals surface area contributed by atoms with Crippen molar-refractivity contribution in [1.29, 1.82) is 0 Å². The average Bonchev–Trinajstić information content (AvgIpc) is 1.21. The van der Waals surface area contributed by atoms with Crippen LogP contribution in [0.5, 0.6) is 0 Å². The number of aromatic nitrogens is 1. The van der Waals surface area contributed by atoms with Crippen LogP contribution in [0.4, 0.5) is 34.1 Å². The Labute approximate surface area is 661 Å². The topological polar surface area (TPSA) is 11.4 Å². The smallest absolute Gasteiger partial charge is 0.264 e.